The van der Waals surface area contributed by atoms with Crippen molar-refractivity contribution in [1.29, 1.82) is 0 Å². The van der Waals surface area contributed by atoms with Gasteiger partial charge in [-0.3, -0.25) is 14.5 Å². The second-order valence-electron chi connectivity index (χ2n) is 5.70. The Hall–Kier alpha value is -1.59. The number of imide groups is 1. The third-order valence-corrected chi connectivity index (χ3v) is 3.38. The zero-order chi connectivity index (χ0) is 15.4. The molecule has 1 heterocycles. The van der Waals surface area contributed by atoms with Crippen LogP contribution in [0, 0.1) is 0 Å². The van der Waals surface area contributed by atoms with Gasteiger partial charge in [0.05, 0.1) is 0 Å². The first kappa shape index (κ1) is 16.5. The number of carbonyl (C=O) groups is 3. The fourth-order valence-electron chi connectivity index (χ4n) is 2.60. The number of nitrogens with one attached hydrogen (secondary N) is 1. The van der Waals surface area contributed by atoms with E-state index in [0.29, 0.717) is 6.42 Å². The largest absolute Gasteiger partial charge is 0.336 e. The van der Waals surface area contributed by atoms with Crippen LogP contribution in [-0.2, 0) is 9.59 Å². The molecule has 0 bridgehead atoms. The zero-order valence-electron chi connectivity index (χ0n) is 13.0. The van der Waals surface area contributed by atoms with Crippen LogP contribution in [0.4, 0.5) is 4.79 Å². The summed E-state index contributed by atoms with van der Waals surface area (Å²) in [5, 5.41) is 2.62. The Balaban J connectivity index is 2.75. The fraction of sp³-hybridized carbons (Fsp3) is 0.786. The minimum atomic E-state index is -0.480. The normalized spacial score (nSPS) is 18.9. The molecule has 1 rings (SSSR count). The van der Waals surface area contributed by atoms with Gasteiger partial charge in [-0.2, -0.15) is 0 Å². The Morgan fingerprint density at radius 2 is 1.80 bits per heavy atom. The molecule has 0 aliphatic carbocycles. The molecule has 0 spiro atoms. The van der Waals surface area contributed by atoms with Crippen LogP contribution in [0.2, 0.25) is 0 Å². The number of urea groups is 1. The number of hydrogen-bond acceptors (Lipinski definition) is 3. The molecule has 6 heteroatoms. The molecule has 114 valence electrons. The van der Waals surface area contributed by atoms with Gasteiger partial charge in [0.25, 0.3) is 5.91 Å². The summed E-state index contributed by atoms with van der Waals surface area (Å²) in [6, 6.07) is -0.870. The molecular formula is C14H25N3O3. The van der Waals surface area contributed by atoms with Gasteiger partial charge in [-0.05, 0) is 34.1 Å². The highest BCUT2D eigenvalue weighted by atomic mass is 16.2. The first-order chi connectivity index (χ1) is 9.29. The summed E-state index contributed by atoms with van der Waals surface area (Å²) in [6.07, 6.45) is 1.41. The van der Waals surface area contributed by atoms with E-state index in [2.05, 4.69) is 5.32 Å². The summed E-state index contributed by atoms with van der Waals surface area (Å²) in [5.74, 6) is -0.492. The standard InChI is InChI=1S/C14H25N3O3/c1-6-7-11-13(19)16(14(20)15-11)8-12(18)17(9(2)3)10(4)5/h9-11H,6-8H2,1-5H3,(H,15,20). The summed E-state index contributed by atoms with van der Waals surface area (Å²) in [7, 11) is 0. The molecule has 1 aliphatic heterocycles. The van der Waals surface area contributed by atoms with Crippen LogP contribution in [0.5, 0.6) is 0 Å². The smallest absolute Gasteiger partial charge is 0.325 e. The van der Waals surface area contributed by atoms with Crippen molar-refractivity contribution in [3.8, 4) is 0 Å². The molecular weight excluding hydrogens is 258 g/mol. The molecule has 1 fully saturated rings. The second-order valence-corrected chi connectivity index (χ2v) is 5.70. The van der Waals surface area contributed by atoms with Crippen molar-refractivity contribution in [2.24, 2.45) is 0 Å². The third-order valence-electron chi connectivity index (χ3n) is 3.38. The van der Waals surface area contributed by atoms with Crippen LogP contribution < -0.4 is 5.32 Å². The van der Waals surface area contributed by atoms with E-state index >= 15 is 0 Å². The van der Waals surface area contributed by atoms with Crippen LogP contribution in [0.15, 0.2) is 0 Å². The van der Waals surface area contributed by atoms with E-state index in [1.54, 1.807) is 4.90 Å². The summed E-state index contributed by atoms with van der Waals surface area (Å²) in [4.78, 5) is 38.9. The fourth-order valence-corrected chi connectivity index (χ4v) is 2.60. The van der Waals surface area contributed by atoms with Gasteiger partial charge in [0.1, 0.15) is 12.6 Å². The SMILES string of the molecule is CCCC1NC(=O)N(CC(=O)N(C(C)C)C(C)C)C1=O. The van der Waals surface area contributed by atoms with Gasteiger partial charge in [-0.15, -0.1) is 0 Å². The van der Waals surface area contributed by atoms with Gasteiger partial charge in [-0.25, -0.2) is 4.79 Å². The second kappa shape index (κ2) is 6.72. The molecule has 0 aromatic carbocycles. The van der Waals surface area contributed by atoms with Crippen molar-refractivity contribution in [1.82, 2.24) is 15.1 Å². The van der Waals surface area contributed by atoms with Crippen molar-refractivity contribution in [3.63, 3.8) is 0 Å². The van der Waals surface area contributed by atoms with Crippen LogP contribution in [0.25, 0.3) is 0 Å². The minimum absolute atomic E-state index is 0.0368. The Bertz CT molecular complexity index is 385. The molecule has 0 aromatic heterocycles. The van der Waals surface area contributed by atoms with Gasteiger partial charge in [-0.1, -0.05) is 13.3 Å². The van der Waals surface area contributed by atoms with Gasteiger partial charge in [0.2, 0.25) is 5.91 Å². The third kappa shape index (κ3) is 3.49. The Morgan fingerprint density at radius 1 is 1.25 bits per heavy atom. The van der Waals surface area contributed by atoms with E-state index in [0.717, 1.165) is 11.3 Å². The average Bonchev–Trinajstić information content (AvgIpc) is 2.56. The predicted octanol–water partition coefficient (Wildman–Crippen LogP) is 1.35. The van der Waals surface area contributed by atoms with E-state index in [-0.39, 0.29) is 30.4 Å². The molecule has 1 aliphatic rings. The maximum atomic E-state index is 12.3. The average molecular weight is 283 g/mol. The van der Waals surface area contributed by atoms with Gasteiger partial charge < -0.3 is 10.2 Å². The first-order valence-corrected chi connectivity index (χ1v) is 7.22. The molecule has 20 heavy (non-hydrogen) atoms. The van der Waals surface area contributed by atoms with E-state index in [4.69, 9.17) is 0 Å². The van der Waals surface area contributed by atoms with Gasteiger partial charge in [0, 0.05) is 12.1 Å². The van der Waals surface area contributed by atoms with Crippen LogP contribution in [0.3, 0.4) is 0 Å². The molecule has 0 radical (unpaired) electrons. The Kier molecular flexibility index (Phi) is 5.53. The summed E-state index contributed by atoms with van der Waals surface area (Å²) >= 11 is 0. The number of nitrogens with zero attached hydrogens (tertiary/aromatic N) is 2. The zero-order valence-corrected chi connectivity index (χ0v) is 13.0. The lowest BCUT2D eigenvalue weighted by molar-refractivity contribution is -0.139. The number of hydrogen-bond donors (Lipinski definition) is 1. The molecule has 1 N–H and O–H groups in total. The van der Waals surface area contributed by atoms with Gasteiger partial charge in [0.15, 0.2) is 0 Å². The van der Waals surface area contributed by atoms with Crippen LogP contribution >= 0.6 is 0 Å². The maximum Gasteiger partial charge on any atom is 0.325 e. The topological polar surface area (TPSA) is 69.7 Å². The van der Waals surface area contributed by atoms with Crippen molar-refractivity contribution >= 4 is 17.8 Å². The van der Waals surface area contributed by atoms with E-state index in [1.807, 2.05) is 34.6 Å². The number of carbonyl (C=O) groups excluding carboxylic acids is 3. The molecule has 1 atom stereocenters. The highest BCUT2D eigenvalue weighted by Gasteiger charge is 2.39. The first-order valence-electron chi connectivity index (χ1n) is 7.22. The molecule has 0 aromatic rings. The molecule has 1 unspecified atom stereocenters. The number of rotatable bonds is 6. The molecule has 0 saturated carbocycles. The van der Waals surface area contributed by atoms with Gasteiger partial charge >= 0.3 is 6.03 Å². The summed E-state index contributed by atoms with van der Waals surface area (Å²) in [5.41, 5.74) is 0. The summed E-state index contributed by atoms with van der Waals surface area (Å²) in [6.45, 7) is 9.45. The molecule has 1 saturated heterocycles. The lowest BCUT2D eigenvalue weighted by atomic mass is 10.1. The lowest BCUT2D eigenvalue weighted by Gasteiger charge is -2.31. The highest BCUT2D eigenvalue weighted by molar-refractivity contribution is 6.06. The number of amides is 4. The van der Waals surface area contributed by atoms with Crippen molar-refractivity contribution in [2.75, 3.05) is 6.54 Å². The predicted molar refractivity (Wildman–Crippen MR) is 76.1 cm³/mol. The van der Waals surface area contributed by atoms with E-state index < -0.39 is 12.1 Å². The van der Waals surface area contributed by atoms with E-state index in [1.165, 1.54) is 0 Å². The Labute approximate surface area is 120 Å². The monoisotopic (exact) mass is 283 g/mol. The van der Waals surface area contributed by atoms with Crippen molar-refractivity contribution in [2.45, 2.75) is 65.6 Å². The van der Waals surface area contributed by atoms with Crippen LogP contribution in [0.1, 0.15) is 47.5 Å². The van der Waals surface area contributed by atoms with Crippen molar-refractivity contribution in [3.05, 3.63) is 0 Å². The van der Waals surface area contributed by atoms with Crippen LogP contribution in [-0.4, -0.2) is 52.3 Å². The van der Waals surface area contributed by atoms with Crippen molar-refractivity contribution < 1.29 is 14.4 Å². The summed E-state index contributed by atoms with van der Waals surface area (Å²) < 4.78 is 0. The highest BCUT2D eigenvalue weighted by Crippen LogP contribution is 2.13. The quantitative estimate of drug-likeness (QED) is 0.748. The Morgan fingerprint density at radius 3 is 2.25 bits per heavy atom. The maximum absolute atomic E-state index is 12.3. The minimum Gasteiger partial charge on any atom is -0.336 e. The van der Waals surface area contributed by atoms with E-state index in [9.17, 15) is 14.4 Å². The lowest BCUT2D eigenvalue weighted by Crippen LogP contribution is -2.48. The molecule has 4 amide bonds. The molecule has 6 nitrogen and oxygen atoms in total.